The van der Waals surface area contributed by atoms with E-state index in [2.05, 4.69) is 25.6 Å². The Morgan fingerprint density at radius 3 is 2.14 bits per heavy atom. The second kappa shape index (κ2) is 17.0. The first-order chi connectivity index (χ1) is 28.8. The van der Waals surface area contributed by atoms with Gasteiger partial charge in [0.1, 0.15) is 19.7 Å². The van der Waals surface area contributed by atoms with Crippen molar-refractivity contribution in [1.29, 1.82) is 0 Å². The highest BCUT2D eigenvalue weighted by Crippen LogP contribution is 2.44. The highest BCUT2D eigenvalue weighted by Gasteiger charge is 2.39. The zero-order valence-corrected chi connectivity index (χ0v) is 31.8. The van der Waals surface area contributed by atoms with Gasteiger partial charge in [-0.15, -0.1) is 0 Å². The molecule has 0 radical (unpaired) electrons. The van der Waals surface area contributed by atoms with Gasteiger partial charge in [-0.3, -0.25) is 24.7 Å². The lowest BCUT2D eigenvalue weighted by Crippen LogP contribution is -2.55. The number of H-pyrrole nitrogens is 1. The summed E-state index contributed by atoms with van der Waals surface area (Å²) in [7, 11) is 1.20. The largest absolute Gasteiger partial charge is 0.468 e. The van der Waals surface area contributed by atoms with E-state index >= 15 is 0 Å². The minimum Gasteiger partial charge on any atom is -0.468 e. The molecular formula is C43H39N7O9. The fourth-order valence-corrected chi connectivity index (χ4v) is 7.56. The number of aromatic nitrogens is 4. The lowest BCUT2D eigenvalue weighted by atomic mass is 9.98. The molecule has 1 fully saturated rings. The number of hydrogen-bond donors (Lipinski definition) is 3. The average Bonchev–Trinajstić information content (AvgIpc) is 3.97. The Kier molecular flexibility index (Phi) is 11.1. The lowest BCUT2D eigenvalue weighted by molar-refractivity contribution is -0.149. The average molecular weight is 798 g/mol. The molecule has 0 bridgehead atoms. The number of benzene rings is 4. The summed E-state index contributed by atoms with van der Waals surface area (Å²) in [4.78, 5) is 78.5. The molecule has 2 atom stereocenters. The number of amides is 3. The van der Waals surface area contributed by atoms with Gasteiger partial charge < -0.3 is 33.7 Å². The normalized spacial score (nSPS) is 15.6. The van der Waals surface area contributed by atoms with E-state index in [1.54, 1.807) is 0 Å². The van der Waals surface area contributed by atoms with E-state index in [1.807, 2.05) is 109 Å². The van der Waals surface area contributed by atoms with Crippen LogP contribution >= 0.6 is 0 Å². The summed E-state index contributed by atoms with van der Waals surface area (Å²) in [5, 5.41) is 5.31. The Morgan fingerprint density at radius 2 is 1.49 bits per heavy atom. The molecule has 3 N–H and O–H groups in total. The Morgan fingerprint density at radius 1 is 0.864 bits per heavy atom. The predicted octanol–water partition coefficient (Wildman–Crippen LogP) is 4.77. The van der Waals surface area contributed by atoms with Gasteiger partial charge in [0.2, 0.25) is 11.9 Å². The first-order valence-corrected chi connectivity index (χ1v) is 18.9. The molecule has 4 aromatic carbocycles. The van der Waals surface area contributed by atoms with Gasteiger partial charge in [-0.05, 0) is 33.4 Å². The number of hydrogen-bond acceptors (Lipinski definition) is 11. The highest BCUT2D eigenvalue weighted by atomic mass is 16.6. The van der Waals surface area contributed by atoms with Crippen LogP contribution in [0.3, 0.4) is 0 Å². The number of carbonyl (C=O) groups excluding carboxylic acids is 4. The van der Waals surface area contributed by atoms with Crippen molar-refractivity contribution in [3.63, 3.8) is 0 Å². The summed E-state index contributed by atoms with van der Waals surface area (Å²) < 4.78 is 23.5. The summed E-state index contributed by atoms with van der Waals surface area (Å²) in [5.41, 5.74) is 4.96. The summed E-state index contributed by atoms with van der Waals surface area (Å²) in [6, 6.07) is 32.8. The van der Waals surface area contributed by atoms with Crippen molar-refractivity contribution >= 4 is 41.2 Å². The monoisotopic (exact) mass is 797 g/mol. The van der Waals surface area contributed by atoms with Crippen LogP contribution in [-0.4, -0.2) is 94.0 Å². The van der Waals surface area contributed by atoms with E-state index < -0.39 is 60.9 Å². The minimum absolute atomic E-state index is 0.00277. The number of carbonyl (C=O) groups is 4. The van der Waals surface area contributed by atoms with Crippen molar-refractivity contribution < 1.29 is 38.1 Å². The molecule has 300 valence electrons. The van der Waals surface area contributed by atoms with E-state index in [-0.39, 0.29) is 42.9 Å². The molecule has 6 aromatic rings. The number of fused-ring (bicyclic) bond motifs is 4. The van der Waals surface area contributed by atoms with Crippen molar-refractivity contribution in [2.75, 3.05) is 38.8 Å². The van der Waals surface area contributed by atoms with Crippen molar-refractivity contribution in [3.05, 3.63) is 148 Å². The van der Waals surface area contributed by atoms with Crippen LogP contribution in [-0.2, 0) is 35.1 Å². The van der Waals surface area contributed by atoms with Crippen LogP contribution < -0.4 is 16.2 Å². The van der Waals surface area contributed by atoms with Gasteiger partial charge in [0.15, 0.2) is 17.3 Å². The smallest absolute Gasteiger partial charge is 0.414 e. The fourth-order valence-electron chi connectivity index (χ4n) is 7.56. The van der Waals surface area contributed by atoms with Gasteiger partial charge in [0.25, 0.3) is 5.56 Å². The minimum atomic E-state index is -0.896. The quantitative estimate of drug-likeness (QED) is 0.114. The molecule has 2 aromatic heterocycles. The van der Waals surface area contributed by atoms with Crippen LogP contribution in [0.5, 0.6) is 0 Å². The highest BCUT2D eigenvalue weighted by molar-refractivity contribution is 5.86. The summed E-state index contributed by atoms with van der Waals surface area (Å²) in [5.74, 6) is -1.70. The second-order valence-electron chi connectivity index (χ2n) is 14.0. The van der Waals surface area contributed by atoms with Crippen molar-refractivity contribution in [2.24, 2.45) is 0 Å². The molecule has 1 saturated heterocycles. The Hall–Kier alpha value is -7.33. The van der Waals surface area contributed by atoms with Crippen LogP contribution in [0.1, 0.15) is 34.3 Å². The maximum Gasteiger partial charge on any atom is 0.414 e. The van der Waals surface area contributed by atoms with Crippen molar-refractivity contribution in [3.8, 4) is 11.1 Å². The number of ether oxygens (including phenoxy) is 4. The molecule has 59 heavy (non-hydrogen) atoms. The molecule has 8 rings (SSSR count). The Bertz CT molecular complexity index is 2480. The van der Waals surface area contributed by atoms with Gasteiger partial charge in [-0.25, -0.2) is 14.6 Å². The second-order valence-corrected chi connectivity index (χ2v) is 14.0. The van der Waals surface area contributed by atoms with Gasteiger partial charge in [0.05, 0.1) is 38.7 Å². The van der Waals surface area contributed by atoms with Gasteiger partial charge >= 0.3 is 18.2 Å². The number of alkyl carbamates (subject to hydrolysis) is 1. The molecule has 2 aliphatic rings. The maximum atomic E-state index is 14.1. The maximum absolute atomic E-state index is 14.1. The Labute approximate surface area is 337 Å². The number of imidazole rings is 1. The van der Waals surface area contributed by atoms with Crippen LogP contribution in [0, 0.1) is 0 Å². The zero-order valence-electron chi connectivity index (χ0n) is 31.8. The molecule has 3 amide bonds. The third-order valence-electron chi connectivity index (χ3n) is 10.4. The zero-order chi connectivity index (χ0) is 40.9. The number of rotatable bonds is 12. The molecular weight excluding hydrogens is 759 g/mol. The summed E-state index contributed by atoms with van der Waals surface area (Å²) >= 11 is 0. The SMILES string of the molecule is COC(=O)CN(C(=O)Cn1cnc2c(=O)[nH]c(NC(=O)OC(c3ccccc3)c3ccccc3)nc21)[C@H]1COC[C@@H]1NC(=O)OCC1c2ccccc2-c2ccccc21. The van der Waals surface area contributed by atoms with Crippen LogP contribution in [0.15, 0.2) is 120 Å². The number of aromatic amines is 1. The van der Waals surface area contributed by atoms with Gasteiger partial charge in [0, 0.05) is 5.92 Å². The third-order valence-corrected chi connectivity index (χ3v) is 10.4. The van der Waals surface area contributed by atoms with E-state index in [1.165, 1.54) is 22.9 Å². The third kappa shape index (κ3) is 8.24. The summed E-state index contributed by atoms with van der Waals surface area (Å²) in [6.07, 6.45) is -1.12. The molecule has 1 aliphatic heterocycles. The van der Waals surface area contributed by atoms with E-state index in [4.69, 9.17) is 18.9 Å². The van der Waals surface area contributed by atoms with E-state index in [0.717, 1.165) is 33.4 Å². The number of anilines is 1. The topological polar surface area (TPSA) is 196 Å². The number of nitrogens with one attached hydrogen (secondary N) is 3. The first-order valence-electron chi connectivity index (χ1n) is 18.9. The molecule has 0 unspecified atom stereocenters. The number of nitrogens with zero attached hydrogens (tertiary/aromatic N) is 4. The fraction of sp³-hybridized carbons (Fsp3) is 0.233. The predicted molar refractivity (Wildman–Crippen MR) is 213 cm³/mol. The molecule has 0 spiro atoms. The van der Waals surface area contributed by atoms with Gasteiger partial charge in [-0.2, -0.15) is 4.98 Å². The molecule has 16 heteroatoms. The molecule has 1 aliphatic carbocycles. The molecule has 3 heterocycles. The van der Waals surface area contributed by atoms with Crippen LogP contribution in [0.25, 0.3) is 22.3 Å². The molecule has 0 saturated carbocycles. The first kappa shape index (κ1) is 38.5. The van der Waals surface area contributed by atoms with Crippen LogP contribution in [0.2, 0.25) is 0 Å². The van der Waals surface area contributed by atoms with Gasteiger partial charge in [-0.1, -0.05) is 109 Å². The number of methoxy groups -OCH3 is 1. The Balaban J connectivity index is 0.959. The van der Waals surface area contributed by atoms with Crippen molar-refractivity contribution in [1.82, 2.24) is 29.7 Å². The van der Waals surface area contributed by atoms with E-state index in [9.17, 15) is 24.0 Å². The van der Waals surface area contributed by atoms with Crippen molar-refractivity contribution in [2.45, 2.75) is 30.7 Å². The lowest BCUT2D eigenvalue weighted by Gasteiger charge is -2.31. The summed E-state index contributed by atoms with van der Waals surface area (Å²) in [6.45, 7) is -0.756. The molecule has 16 nitrogen and oxygen atoms in total. The number of esters is 1. The van der Waals surface area contributed by atoms with Crippen LogP contribution in [0.4, 0.5) is 15.5 Å². The van der Waals surface area contributed by atoms with E-state index in [0.29, 0.717) is 0 Å². The standard InChI is InChI=1S/C43H39N7O9/c1-56-36(52)21-50(34-24-57-23-33(34)45-42(54)58-22-32-30-18-10-8-16-28(30)29-17-9-11-19-31(29)32)35(51)20-49-25-44-37-39(49)46-41(47-40(37)53)48-43(55)59-38(26-12-4-2-5-13-26)27-14-6-3-7-15-27/h2-19,25,32-34,38H,20-24H2,1H3,(H,45,54)(H2,46,47,48,53,55)/t33-,34-/m0/s1.